The van der Waals surface area contributed by atoms with Gasteiger partial charge < -0.3 is 13.5 Å². The molecule has 29 heavy (non-hydrogen) atoms. The quantitative estimate of drug-likeness (QED) is 0.287. The summed E-state index contributed by atoms with van der Waals surface area (Å²) in [7, 11) is 0. The number of carbonyl (C=O) groups excluding carboxylic acids is 2. The number of aromatic nitrogens is 8. The van der Waals surface area contributed by atoms with Crippen molar-refractivity contribution in [1.29, 1.82) is 0 Å². The second kappa shape index (κ2) is 10.4. The number of hydrogen-bond donors (Lipinski definition) is 4. The van der Waals surface area contributed by atoms with Crippen LogP contribution in [-0.2, 0) is 6.18 Å². The molecule has 144 valence electrons. The molecule has 18 heteroatoms. The summed E-state index contributed by atoms with van der Waals surface area (Å²) in [6.45, 7) is 0. The Bertz CT molecular complexity index is 925. The van der Waals surface area contributed by atoms with Crippen molar-refractivity contribution in [1.82, 2.24) is 41.2 Å². The van der Waals surface area contributed by atoms with Gasteiger partial charge in [0.25, 0.3) is 23.5 Å². The van der Waals surface area contributed by atoms with E-state index in [1.807, 2.05) is 10.4 Å². The number of amides is 2. The van der Waals surface area contributed by atoms with Gasteiger partial charge in [0.1, 0.15) is 0 Å². The molecule has 4 N–H and O–H groups in total. The minimum atomic E-state index is -4.79. The first kappa shape index (κ1) is 25.4. The van der Waals surface area contributed by atoms with E-state index < -0.39 is 46.6 Å². The van der Waals surface area contributed by atoms with Crippen LogP contribution in [-0.4, -0.2) is 53.1 Å². The molecule has 0 bridgehead atoms. The predicted molar refractivity (Wildman–Crippen MR) is 82.9 cm³/mol. The summed E-state index contributed by atoms with van der Waals surface area (Å²) in [5.41, 5.74) is -2.06. The Kier molecular flexibility index (Phi) is 9.13. The second-order valence-corrected chi connectivity index (χ2v) is 5.14. The van der Waals surface area contributed by atoms with E-state index in [-0.39, 0.29) is 67.0 Å². The Morgan fingerprint density at radius 3 is 1.66 bits per heavy atom. The molecule has 0 saturated carbocycles. The van der Waals surface area contributed by atoms with Crippen LogP contribution < -0.4 is 69.7 Å². The Balaban J connectivity index is 0. The first-order valence-electron chi connectivity index (χ1n) is 6.76. The molecular formula is C11H8ClF3N10Na2O2. The summed E-state index contributed by atoms with van der Waals surface area (Å²) in [5, 5.41) is 27.8. The van der Waals surface area contributed by atoms with Crippen LogP contribution in [0.3, 0.4) is 0 Å². The molecule has 0 aliphatic heterocycles. The zero-order chi connectivity index (χ0) is 19.6. The molecule has 0 aliphatic rings. The monoisotopic (exact) mass is 450 g/mol. The summed E-state index contributed by atoms with van der Waals surface area (Å²) in [4.78, 5) is 23.9. The number of carbonyl (C=O) groups is 2. The topological polar surface area (TPSA) is 167 Å². The third kappa shape index (κ3) is 6.18. The van der Waals surface area contributed by atoms with E-state index in [0.29, 0.717) is 12.1 Å². The fraction of sp³-hybridized carbons (Fsp3) is 0.0909. The van der Waals surface area contributed by atoms with Gasteiger partial charge in [-0.15, -0.1) is 20.4 Å². The van der Waals surface area contributed by atoms with E-state index in [0.717, 1.165) is 0 Å². The Morgan fingerprint density at radius 2 is 1.34 bits per heavy atom. The van der Waals surface area contributed by atoms with Crippen molar-refractivity contribution < 1.29 is 84.7 Å². The van der Waals surface area contributed by atoms with Gasteiger partial charge in [-0.25, -0.2) is 0 Å². The van der Waals surface area contributed by atoms with Gasteiger partial charge in [0.2, 0.25) is 0 Å². The summed E-state index contributed by atoms with van der Waals surface area (Å²) >= 11 is 6.02. The van der Waals surface area contributed by atoms with Crippen molar-refractivity contribution in [3.63, 3.8) is 0 Å². The molecule has 2 aromatic heterocycles. The molecule has 0 radical (unpaired) electrons. The Morgan fingerprint density at radius 1 is 0.931 bits per heavy atom. The first-order valence-corrected chi connectivity index (χ1v) is 7.14. The Labute approximate surface area is 210 Å². The van der Waals surface area contributed by atoms with Crippen LogP contribution in [0.25, 0.3) is 0 Å². The fourth-order valence-corrected chi connectivity index (χ4v) is 2.05. The zero-order valence-corrected chi connectivity index (χ0v) is 19.4. The summed E-state index contributed by atoms with van der Waals surface area (Å²) in [6.07, 6.45) is -4.79. The van der Waals surface area contributed by atoms with Crippen molar-refractivity contribution in [2.75, 3.05) is 10.6 Å². The number of nitrogens with zero attached hydrogens (tertiary/aromatic N) is 6. The molecule has 0 unspecified atom stereocenters. The van der Waals surface area contributed by atoms with Crippen molar-refractivity contribution in [3.05, 3.63) is 34.4 Å². The maximum absolute atomic E-state index is 13.2. The van der Waals surface area contributed by atoms with Crippen LogP contribution in [0, 0.1) is 0 Å². The standard InChI is InChI=1S/C11H6ClF3N10O2.2Na.2H/c12-6-4(16-9(26)7-18-22-23-19-7)1-3(11(13,14)15)2-5(6)17-10(27)8-20-24-25-21-8;;;;/h1-2H,(H,16,26)(H,17,27)(H,18,19,22,23)(H,20,21,24,25);;;;/q;2*+1;2*-1. The largest absolute Gasteiger partial charge is 1.00 e. The molecule has 0 saturated heterocycles. The molecule has 3 aromatic rings. The van der Waals surface area contributed by atoms with E-state index in [2.05, 4.69) is 41.5 Å². The maximum atomic E-state index is 13.2. The van der Waals surface area contributed by atoms with Crippen LogP contribution in [0.5, 0.6) is 0 Å². The molecular weight excluding hydrogens is 443 g/mol. The van der Waals surface area contributed by atoms with Gasteiger partial charge in [-0.05, 0) is 22.6 Å². The van der Waals surface area contributed by atoms with Gasteiger partial charge >= 0.3 is 65.3 Å². The van der Waals surface area contributed by atoms with Gasteiger partial charge in [-0.1, -0.05) is 11.6 Å². The number of tetrazole rings is 2. The molecule has 2 heterocycles. The number of nitrogens with one attached hydrogen (secondary N) is 4. The van der Waals surface area contributed by atoms with E-state index in [1.54, 1.807) is 0 Å². The average Bonchev–Trinajstić information content (AvgIpc) is 3.30. The minimum absolute atomic E-state index is 0. The molecule has 3 rings (SSSR count). The van der Waals surface area contributed by atoms with E-state index >= 15 is 0 Å². The van der Waals surface area contributed by atoms with Crippen molar-refractivity contribution in [3.8, 4) is 0 Å². The molecule has 0 spiro atoms. The van der Waals surface area contributed by atoms with Crippen LogP contribution in [0.1, 0.15) is 29.7 Å². The summed E-state index contributed by atoms with van der Waals surface area (Å²) < 4.78 is 39.5. The number of benzene rings is 1. The molecule has 1 aromatic carbocycles. The number of anilines is 2. The first-order chi connectivity index (χ1) is 12.8. The fourth-order valence-electron chi connectivity index (χ4n) is 1.84. The molecule has 12 nitrogen and oxygen atoms in total. The minimum Gasteiger partial charge on any atom is -1.00 e. The van der Waals surface area contributed by atoms with Crippen molar-refractivity contribution >= 4 is 34.8 Å². The van der Waals surface area contributed by atoms with Crippen LogP contribution >= 0.6 is 11.6 Å². The van der Waals surface area contributed by atoms with E-state index in [4.69, 9.17) is 11.6 Å². The normalized spacial score (nSPS) is 10.5. The second-order valence-electron chi connectivity index (χ2n) is 4.76. The number of halogens is 4. The number of hydrogen-bond acceptors (Lipinski definition) is 8. The average molecular weight is 451 g/mol. The SMILES string of the molecule is O=C(Nc1cc(C(F)(F)F)cc(NC(=O)c2nn[nH]n2)c1Cl)c1nn[nH]n1.[H-].[H-].[Na+].[Na+]. The van der Waals surface area contributed by atoms with Gasteiger partial charge in [0, 0.05) is 0 Å². The maximum Gasteiger partial charge on any atom is 1.00 e. The van der Waals surface area contributed by atoms with Crippen LogP contribution in [0.15, 0.2) is 12.1 Å². The Hall–Kier alpha value is -1.62. The van der Waals surface area contributed by atoms with Gasteiger partial charge in [-0.3, -0.25) is 9.59 Å². The number of rotatable bonds is 4. The van der Waals surface area contributed by atoms with Gasteiger partial charge in [0.05, 0.1) is 22.0 Å². The van der Waals surface area contributed by atoms with Crippen LogP contribution in [0.4, 0.5) is 24.5 Å². The molecule has 0 aliphatic carbocycles. The molecule has 0 fully saturated rings. The molecule has 2 amide bonds. The summed E-state index contributed by atoms with van der Waals surface area (Å²) in [5.74, 6) is -2.80. The van der Waals surface area contributed by atoms with Crippen molar-refractivity contribution in [2.45, 2.75) is 6.18 Å². The summed E-state index contributed by atoms with van der Waals surface area (Å²) in [6, 6.07) is 1.18. The van der Waals surface area contributed by atoms with Gasteiger partial charge in [-0.2, -0.15) is 23.6 Å². The zero-order valence-electron chi connectivity index (χ0n) is 16.7. The van der Waals surface area contributed by atoms with E-state index in [1.165, 1.54) is 0 Å². The smallest absolute Gasteiger partial charge is 1.00 e. The third-order valence-corrected chi connectivity index (χ3v) is 3.40. The van der Waals surface area contributed by atoms with Crippen molar-refractivity contribution in [2.24, 2.45) is 0 Å². The predicted octanol–water partition coefficient (Wildman–Crippen LogP) is -4.88. The van der Waals surface area contributed by atoms with E-state index in [9.17, 15) is 22.8 Å². The van der Waals surface area contributed by atoms with Crippen LogP contribution in [0.2, 0.25) is 5.02 Å². The van der Waals surface area contributed by atoms with Gasteiger partial charge in [0.15, 0.2) is 0 Å². The third-order valence-electron chi connectivity index (χ3n) is 2.99. The number of H-pyrrole nitrogens is 2. The number of aromatic amines is 2. The number of alkyl halides is 3. The molecule has 0 atom stereocenters.